The van der Waals surface area contributed by atoms with Gasteiger partial charge in [-0.1, -0.05) is 48.9 Å². The Kier molecular flexibility index (Phi) is 6.17. The number of nitrogens with zero attached hydrogens (tertiary/aromatic N) is 5. The molecular weight excluding hydrogens is 354 g/mol. The van der Waals surface area contributed by atoms with Crippen LogP contribution in [-0.2, 0) is 19.6 Å². The molecule has 1 aromatic heterocycles. The van der Waals surface area contributed by atoms with Crippen molar-refractivity contribution >= 4 is 18.3 Å². The van der Waals surface area contributed by atoms with Crippen molar-refractivity contribution < 1.29 is 0 Å². The van der Waals surface area contributed by atoms with E-state index in [1.54, 1.807) is 0 Å². The third kappa shape index (κ3) is 4.75. The van der Waals surface area contributed by atoms with Crippen molar-refractivity contribution in [1.82, 2.24) is 24.1 Å². The minimum Gasteiger partial charge on any atom is -0.304 e. The Bertz CT molecular complexity index is 815. The van der Waals surface area contributed by atoms with E-state index in [9.17, 15) is 0 Å². The van der Waals surface area contributed by atoms with Gasteiger partial charge in [0.05, 0.1) is 6.67 Å². The van der Waals surface area contributed by atoms with Crippen LogP contribution in [0.25, 0.3) is 6.08 Å². The van der Waals surface area contributed by atoms with E-state index in [2.05, 4.69) is 56.9 Å². The third-order valence-electron chi connectivity index (χ3n) is 5.55. The molecule has 2 aromatic rings. The lowest BCUT2D eigenvalue weighted by atomic mass is 10.2. The summed E-state index contributed by atoms with van der Waals surface area (Å²) in [7, 11) is 0. The van der Waals surface area contributed by atoms with Crippen LogP contribution < -0.4 is 0 Å². The lowest BCUT2D eigenvalue weighted by molar-refractivity contribution is 0.110. The first-order valence-corrected chi connectivity index (χ1v) is 10.5. The molecule has 0 atom stereocenters. The number of aryl methyl sites for hydroxylation is 1. The van der Waals surface area contributed by atoms with E-state index in [4.69, 9.17) is 17.3 Å². The Morgan fingerprint density at radius 2 is 1.70 bits per heavy atom. The molecule has 5 nitrogen and oxygen atoms in total. The summed E-state index contributed by atoms with van der Waals surface area (Å²) in [5.41, 5.74) is 1.27. The molecule has 0 aliphatic carbocycles. The molecule has 1 aromatic carbocycles. The molecular formula is C21H29N5S. The van der Waals surface area contributed by atoms with Crippen molar-refractivity contribution in [2.75, 3.05) is 32.7 Å². The highest BCUT2D eigenvalue weighted by Gasteiger charge is 2.19. The highest BCUT2D eigenvalue weighted by atomic mass is 32.1. The number of hydrogen-bond acceptors (Lipinski definition) is 4. The zero-order chi connectivity index (χ0) is 18.5. The Hall–Kier alpha value is -1.76. The summed E-state index contributed by atoms with van der Waals surface area (Å²) in [6, 6.07) is 10.5. The quantitative estimate of drug-likeness (QED) is 0.740. The zero-order valence-corrected chi connectivity index (χ0v) is 16.8. The molecule has 1 fully saturated rings. The van der Waals surface area contributed by atoms with Gasteiger partial charge in [0.1, 0.15) is 5.82 Å². The van der Waals surface area contributed by atoms with Gasteiger partial charge in [-0.15, -0.1) is 0 Å². The second-order valence-electron chi connectivity index (χ2n) is 7.53. The van der Waals surface area contributed by atoms with Crippen LogP contribution in [0.5, 0.6) is 0 Å². The van der Waals surface area contributed by atoms with Gasteiger partial charge in [0, 0.05) is 45.7 Å². The summed E-state index contributed by atoms with van der Waals surface area (Å²) in [5, 5.41) is 4.82. The fourth-order valence-corrected chi connectivity index (χ4v) is 4.22. The van der Waals surface area contributed by atoms with Gasteiger partial charge in [-0.05, 0) is 30.6 Å². The second-order valence-corrected chi connectivity index (χ2v) is 7.90. The summed E-state index contributed by atoms with van der Waals surface area (Å²) >= 11 is 5.68. The van der Waals surface area contributed by atoms with Crippen molar-refractivity contribution in [3.8, 4) is 0 Å². The van der Waals surface area contributed by atoms with Crippen LogP contribution in [0.15, 0.2) is 36.4 Å². The van der Waals surface area contributed by atoms with E-state index < -0.39 is 0 Å². The smallest absolute Gasteiger partial charge is 0.199 e. The number of fused-ring (bicyclic) bond motifs is 1. The Morgan fingerprint density at radius 1 is 0.926 bits per heavy atom. The third-order valence-corrected chi connectivity index (χ3v) is 5.99. The molecule has 144 valence electrons. The van der Waals surface area contributed by atoms with E-state index in [1.807, 2.05) is 4.68 Å². The first-order valence-electron chi connectivity index (χ1n) is 10.1. The van der Waals surface area contributed by atoms with Crippen LogP contribution in [0.2, 0.25) is 0 Å². The molecule has 1 saturated heterocycles. The van der Waals surface area contributed by atoms with E-state index in [-0.39, 0.29) is 0 Å². The van der Waals surface area contributed by atoms with E-state index >= 15 is 0 Å². The predicted molar refractivity (Wildman–Crippen MR) is 112 cm³/mol. The van der Waals surface area contributed by atoms with Gasteiger partial charge in [-0.2, -0.15) is 5.10 Å². The lowest BCUT2D eigenvalue weighted by Gasteiger charge is -2.33. The molecule has 3 heterocycles. The summed E-state index contributed by atoms with van der Waals surface area (Å²) in [6.07, 6.45) is 9.30. The van der Waals surface area contributed by atoms with E-state index in [1.165, 1.54) is 30.7 Å². The van der Waals surface area contributed by atoms with Crippen LogP contribution in [-0.4, -0.2) is 56.9 Å². The molecule has 0 unspecified atom stereocenters. The van der Waals surface area contributed by atoms with Gasteiger partial charge in [-0.3, -0.25) is 9.80 Å². The lowest BCUT2D eigenvalue weighted by Crippen LogP contribution is -2.46. The zero-order valence-electron chi connectivity index (χ0n) is 16.0. The molecule has 0 saturated carbocycles. The standard InChI is InChI=1S/C21H29N5S/c27-21-25-13-6-2-5-11-20(25)22-26(21)18-24-16-14-23(15-17-24)12-7-10-19-8-3-1-4-9-19/h1,3-4,7-10H,2,5-6,11-18H2/b10-7+. The maximum Gasteiger partial charge on any atom is 0.199 e. The summed E-state index contributed by atoms with van der Waals surface area (Å²) in [4.78, 5) is 4.98. The highest BCUT2D eigenvalue weighted by molar-refractivity contribution is 7.71. The van der Waals surface area contributed by atoms with Crippen molar-refractivity contribution in [3.05, 3.63) is 52.6 Å². The fourth-order valence-electron chi connectivity index (χ4n) is 3.92. The maximum atomic E-state index is 5.68. The summed E-state index contributed by atoms with van der Waals surface area (Å²) < 4.78 is 5.20. The Morgan fingerprint density at radius 3 is 2.52 bits per heavy atom. The van der Waals surface area contributed by atoms with Gasteiger partial charge in [0.2, 0.25) is 0 Å². The van der Waals surface area contributed by atoms with Crippen molar-refractivity contribution in [2.24, 2.45) is 0 Å². The van der Waals surface area contributed by atoms with E-state index in [0.717, 1.165) is 57.1 Å². The summed E-state index contributed by atoms with van der Waals surface area (Å²) in [6.45, 7) is 7.22. The Labute approximate surface area is 166 Å². The SMILES string of the molecule is S=c1n(CN2CCN(C/C=C/c3ccccc3)CC2)nc2n1CCCCC2. The van der Waals surface area contributed by atoms with Gasteiger partial charge in [-0.25, -0.2) is 4.68 Å². The first-order chi connectivity index (χ1) is 13.3. The molecule has 6 heteroatoms. The van der Waals surface area contributed by atoms with Crippen LogP contribution >= 0.6 is 12.2 Å². The monoisotopic (exact) mass is 383 g/mol. The number of benzene rings is 1. The fraction of sp³-hybridized carbons (Fsp3) is 0.524. The average molecular weight is 384 g/mol. The van der Waals surface area contributed by atoms with Crippen molar-refractivity contribution in [3.63, 3.8) is 0 Å². The molecule has 0 spiro atoms. The molecule has 0 radical (unpaired) electrons. The number of hydrogen-bond donors (Lipinski definition) is 0. The van der Waals surface area contributed by atoms with Crippen LogP contribution in [0.1, 0.15) is 30.7 Å². The van der Waals surface area contributed by atoms with Crippen LogP contribution in [0.3, 0.4) is 0 Å². The molecule has 2 aliphatic rings. The molecule has 4 rings (SSSR count). The molecule has 0 amide bonds. The highest BCUT2D eigenvalue weighted by Crippen LogP contribution is 2.15. The normalized spacial score (nSPS) is 19.3. The minimum atomic E-state index is 0.826. The molecule has 2 aliphatic heterocycles. The van der Waals surface area contributed by atoms with Gasteiger partial charge in [0.15, 0.2) is 4.77 Å². The number of rotatable bonds is 5. The topological polar surface area (TPSA) is 29.2 Å². The minimum absolute atomic E-state index is 0.826. The maximum absolute atomic E-state index is 5.68. The van der Waals surface area contributed by atoms with Gasteiger partial charge >= 0.3 is 0 Å². The van der Waals surface area contributed by atoms with Crippen LogP contribution in [0, 0.1) is 4.77 Å². The molecule has 27 heavy (non-hydrogen) atoms. The van der Waals surface area contributed by atoms with Gasteiger partial charge < -0.3 is 4.57 Å². The van der Waals surface area contributed by atoms with Crippen molar-refractivity contribution in [2.45, 2.75) is 38.9 Å². The molecule has 0 bridgehead atoms. The van der Waals surface area contributed by atoms with E-state index in [0.29, 0.717) is 0 Å². The second kappa shape index (κ2) is 8.95. The largest absolute Gasteiger partial charge is 0.304 e. The number of aromatic nitrogens is 3. The average Bonchev–Trinajstić information content (AvgIpc) is 2.86. The predicted octanol–water partition coefficient (Wildman–Crippen LogP) is 3.43. The first kappa shape index (κ1) is 18.6. The molecule has 0 N–H and O–H groups in total. The van der Waals surface area contributed by atoms with Crippen molar-refractivity contribution in [1.29, 1.82) is 0 Å². The van der Waals surface area contributed by atoms with Crippen LogP contribution in [0.4, 0.5) is 0 Å². The Balaban J connectivity index is 1.27. The summed E-state index contributed by atoms with van der Waals surface area (Å²) in [5.74, 6) is 1.18. The van der Waals surface area contributed by atoms with Gasteiger partial charge in [0.25, 0.3) is 0 Å². The number of piperazine rings is 1.